The van der Waals surface area contributed by atoms with Gasteiger partial charge in [0.2, 0.25) is 0 Å². The van der Waals surface area contributed by atoms with E-state index in [9.17, 15) is 0 Å². The van der Waals surface area contributed by atoms with Crippen molar-refractivity contribution in [2.45, 2.75) is 0 Å². The molecular weight excluding hydrogens is 244 g/mol. The third-order valence-electron chi connectivity index (χ3n) is 3.32. The molecule has 1 aromatic heterocycles. The zero-order chi connectivity index (χ0) is 12.1. The lowest BCUT2D eigenvalue weighted by atomic mass is 10.0. The van der Waals surface area contributed by atoms with Crippen LogP contribution < -0.4 is 0 Å². The average molecular weight is 253 g/mol. The van der Waals surface area contributed by atoms with Crippen molar-refractivity contribution in [1.29, 1.82) is 0 Å². The van der Waals surface area contributed by atoms with Gasteiger partial charge in [0, 0.05) is 15.8 Å². The van der Waals surface area contributed by atoms with Gasteiger partial charge in [0.15, 0.2) is 0 Å². The first-order valence-corrected chi connectivity index (χ1v) is 6.20. The van der Waals surface area contributed by atoms with Crippen LogP contribution in [0.4, 0.5) is 0 Å². The van der Waals surface area contributed by atoms with E-state index in [0.29, 0.717) is 0 Å². The number of para-hydroxylation sites is 1. The highest BCUT2D eigenvalue weighted by Gasteiger charge is 2.09. The van der Waals surface area contributed by atoms with Gasteiger partial charge in [-0.2, -0.15) is 0 Å². The summed E-state index contributed by atoms with van der Waals surface area (Å²) in [5.41, 5.74) is 1.82. The summed E-state index contributed by atoms with van der Waals surface area (Å²) in [6, 6.07) is 18.1. The number of hydrogen-bond donors (Lipinski definition) is 0. The minimum atomic E-state index is 0.750. The van der Waals surface area contributed by atoms with Crippen LogP contribution in [0.15, 0.2) is 59.0 Å². The Kier molecular flexibility index (Phi) is 1.94. The number of fused-ring (bicyclic) bond motifs is 5. The summed E-state index contributed by atoms with van der Waals surface area (Å²) in [5.74, 6) is 0. The molecule has 86 valence electrons. The summed E-state index contributed by atoms with van der Waals surface area (Å²) >= 11 is 6.11. The SMILES string of the molecule is Clc1ccc2ccc3oc4ccccc4c3c2c1. The van der Waals surface area contributed by atoms with Crippen LogP contribution in [-0.4, -0.2) is 0 Å². The third-order valence-corrected chi connectivity index (χ3v) is 3.56. The molecule has 1 heterocycles. The second-order valence-electron chi connectivity index (χ2n) is 4.40. The monoisotopic (exact) mass is 252 g/mol. The zero-order valence-corrected chi connectivity index (χ0v) is 10.2. The van der Waals surface area contributed by atoms with Crippen molar-refractivity contribution in [3.05, 3.63) is 59.6 Å². The van der Waals surface area contributed by atoms with Crippen molar-refractivity contribution in [3.8, 4) is 0 Å². The molecule has 0 aliphatic carbocycles. The van der Waals surface area contributed by atoms with Gasteiger partial charge in [-0.05, 0) is 35.0 Å². The highest BCUT2D eigenvalue weighted by molar-refractivity contribution is 6.32. The van der Waals surface area contributed by atoms with Gasteiger partial charge in [-0.25, -0.2) is 0 Å². The number of furan rings is 1. The molecule has 0 atom stereocenters. The molecule has 0 radical (unpaired) electrons. The van der Waals surface area contributed by atoms with Crippen LogP contribution in [0.1, 0.15) is 0 Å². The topological polar surface area (TPSA) is 13.1 Å². The molecule has 4 aromatic rings. The maximum absolute atomic E-state index is 6.11. The van der Waals surface area contributed by atoms with E-state index in [1.165, 1.54) is 5.39 Å². The highest BCUT2D eigenvalue weighted by Crippen LogP contribution is 2.35. The van der Waals surface area contributed by atoms with Gasteiger partial charge in [-0.1, -0.05) is 41.9 Å². The molecule has 0 bridgehead atoms. The summed E-state index contributed by atoms with van der Waals surface area (Å²) in [4.78, 5) is 0. The lowest BCUT2D eigenvalue weighted by molar-refractivity contribution is 0.669. The maximum atomic E-state index is 6.11. The van der Waals surface area contributed by atoms with E-state index in [2.05, 4.69) is 12.1 Å². The molecule has 3 aromatic carbocycles. The fourth-order valence-electron chi connectivity index (χ4n) is 2.52. The number of halogens is 1. The Morgan fingerprint density at radius 3 is 2.56 bits per heavy atom. The van der Waals surface area contributed by atoms with Crippen LogP contribution in [0.3, 0.4) is 0 Å². The summed E-state index contributed by atoms with van der Waals surface area (Å²) in [6.45, 7) is 0. The lowest BCUT2D eigenvalue weighted by Crippen LogP contribution is -1.74. The molecule has 0 unspecified atom stereocenters. The minimum absolute atomic E-state index is 0.750. The Morgan fingerprint density at radius 2 is 1.61 bits per heavy atom. The van der Waals surface area contributed by atoms with Crippen LogP contribution in [0.5, 0.6) is 0 Å². The van der Waals surface area contributed by atoms with Gasteiger partial charge in [0.05, 0.1) is 0 Å². The molecule has 1 nitrogen and oxygen atoms in total. The maximum Gasteiger partial charge on any atom is 0.136 e. The summed E-state index contributed by atoms with van der Waals surface area (Å²) in [6.07, 6.45) is 0. The lowest BCUT2D eigenvalue weighted by Gasteiger charge is -2.00. The van der Waals surface area contributed by atoms with Crippen molar-refractivity contribution in [2.75, 3.05) is 0 Å². The molecule has 18 heavy (non-hydrogen) atoms. The molecule has 0 saturated heterocycles. The van der Waals surface area contributed by atoms with E-state index < -0.39 is 0 Å². The van der Waals surface area contributed by atoms with Crippen molar-refractivity contribution in [3.63, 3.8) is 0 Å². The van der Waals surface area contributed by atoms with E-state index in [-0.39, 0.29) is 0 Å². The summed E-state index contributed by atoms with van der Waals surface area (Å²) < 4.78 is 5.86. The Labute approximate surface area is 109 Å². The largest absolute Gasteiger partial charge is 0.456 e. The van der Waals surface area contributed by atoms with E-state index >= 15 is 0 Å². The van der Waals surface area contributed by atoms with Crippen LogP contribution in [-0.2, 0) is 0 Å². The van der Waals surface area contributed by atoms with Crippen LogP contribution in [0.2, 0.25) is 5.02 Å². The van der Waals surface area contributed by atoms with Crippen molar-refractivity contribution in [2.24, 2.45) is 0 Å². The molecule has 0 fully saturated rings. The summed E-state index contributed by atoms with van der Waals surface area (Å²) in [5, 5.41) is 5.36. The van der Waals surface area contributed by atoms with Gasteiger partial charge in [0.1, 0.15) is 11.2 Å². The van der Waals surface area contributed by atoms with Crippen LogP contribution in [0, 0.1) is 0 Å². The second kappa shape index (κ2) is 3.50. The highest BCUT2D eigenvalue weighted by atomic mass is 35.5. The molecule has 0 aliphatic heterocycles. The Balaban J connectivity index is 2.35. The quantitative estimate of drug-likeness (QED) is 0.409. The van der Waals surface area contributed by atoms with E-state index in [4.69, 9.17) is 16.0 Å². The zero-order valence-electron chi connectivity index (χ0n) is 9.48. The average Bonchev–Trinajstić information content (AvgIpc) is 2.77. The van der Waals surface area contributed by atoms with Crippen LogP contribution >= 0.6 is 11.6 Å². The molecule has 0 aliphatic rings. The van der Waals surface area contributed by atoms with E-state index in [0.717, 1.165) is 32.3 Å². The van der Waals surface area contributed by atoms with Gasteiger partial charge in [-0.15, -0.1) is 0 Å². The van der Waals surface area contributed by atoms with Crippen molar-refractivity contribution < 1.29 is 4.42 Å². The minimum Gasteiger partial charge on any atom is -0.456 e. The molecule has 0 N–H and O–H groups in total. The number of hydrogen-bond acceptors (Lipinski definition) is 1. The first-order chi connectivity index (χ1) is 8.83. The smallest absolute Gasteiger partial charge is 0.136 e. The van der Waals surface area contributed by atoms with Crippen molar-refractivity contribution in [1.82, 2.24) is 0 Å². The molecule has 2 heteroatoms. The summed E-state index contributed by atoms with van der Waals surface area (Å²) in [7, 11) is 0. The fraction of sp³-hybridized carbons (Fsp3) is 0. The predicted octanol–water partition coefficient (Wildman–Crippen LogP) is 5.39. The normalized spacial score (nSPS) is 11.6. The molecule has 0 spiro atoms. The van der Waals surface area contributed by atoms with Gasteiger partial charge in [0.25, 0.3) is 0 Å². The Bertz CT molecular complexity index is 889. The number of rotatable bonds is 0. The standard InChI is InChI=1S/C16H9ClO/c17-11-7-5-10-6-8-15-16(13(10)9-11)12-3-1-2-4-14(12)18-15/h1-9H. The Morgan fingerprint density at radius 1 is 0.778 bits per heavy atom. The van der Waals surface area contributed by atoms with Gasteiger partial charge in [-0.3, -0.25) is 0 Å². The van der Waals surface area contributed by atoms with E-state index in [1.807, 2.05) is 42.5 Å². The molecule has 0 saturated carbocycles. The van der Waals surface area contributed by atoms with Gasteiger partial charge < -0.3 is 4.42 Å². The third kappa shape index (κ3) is 1.28. The molecule has 4 rings (SSSR count). The van der Waals surface area contributed by atoms with Crippen LogP contribution in [0.25, 0.3) is 32.7 Å². The molecular formula is C16H9ClO. The first-order valence-electron chi connectivity index (χ1n) is 5.82. The Hall–Kier alpha value is -1.99. The molecule has 0 amide bonds. The van der Waals surface area contributed by atoms with Crippen molar-refractivity contribution >= 4 is 44.3 Å². The van der Waals surface area contributed by atoms with E-state index in [1.54, 1.807) is 0 Å². The second-order valence-corrected chi connectivity index (χ2v) is 4.84. The predicted molar refractivity (Wildman–Crippen MR) is 76.2 cm³/mol. The first kappa shape index (κ1) is 9.98. The fourth-order valence-corrected chi connectivity index (χ4v) is 2.69. The number of benzene rings is 3. The van der Waals surface area contributed by atoms with Gasteiger partial charge >= 0.3 is 0 Å².